The lowest BCUT2D eigenvalue weighted by molar-refractivity contribution is 0.406. The Morgan fingerprint density at radius 1 is 1.05 bits per heavy atom. The van der Waals surface area contributed by atoms with E-state index < -0.39 is 0 Å². The molecule has 1 heterocycles. The van der Waals surface area contributed by atoms with Crippen LogP contribution >= 0.6 is 0 Å². The quantitative estimate of drug-likeness (QED) is 0.571. The van der Waals surface area contributed by atoms with Crippen molar-refractivity contribution in [2.75, 3.05) is 0 Å². The Hall–Kier alpha value is -1.30. The molecule has 0 aromatic carbocycles. The molecule has 21 heavy (non-hydrogen) atoms. The minimum absolute atomic E-state index is 0.129. The van der Waals surface area contributed by atoms with E-state index in [0.717, 1.165) is 31.5 Å². The summed E-state index contributed by atoms with van der Waals surface area (Å²) in [5.41, 5.74) is 1.50. The van der Waals surface area contributed by atoms with Gasteiger partial charge in [-0.05, 0) is 45.4 Å². The van der Waals surface area contributed by atoms with Crippen LogP contribution in [-0.4, -0.2) is 15.0 Å². The van der Waals surface area contributed by atoms with Gasteiger partial charge >= 0.3 is 0 Å². The molecule has 0 bridgehead atoms. The Bertz CT molecular complexity index is 475. The van der Waals surface area contributed by atoms with E-state index in [9.17, 15) is 0 Å². The fraction of sp³-hybridized carbons (Fsp3) is 0.778. The molecule has 0 aliphatic carbocycles. The first-order valence-electron chi connectivity index (χ1n) is 8.05. The predicted octanol–water partition coefficient (Wildman–Crippen LogP) is 4.48. The summed E-state index contributed by atoms with van der Waals surface area (Å²) in [5.74, 6) is 6.55. The third-order valence-electron chi connectivity index (χ3n) is 2.95. The topological polar surface area (TPSA) is 30.7 Å². The molecule has 0 saturated heterocycles. The first-order chi connectivity index (χ1) is 9.66. The summed E-state index contributed by atoms with van der Waals surface area (Å²) in [6.45, 7) is 14.1. The van der Waals surface area contributed by atoms with Gasteiger partial charge in [0.1, 0.15) is 0 Å². The number of aromatic nitrogens is 3. The summed E-state index contributed by atoms with van der Waals surface area (Å²) >= 11 is 0. The van der Waals surface area contributed by atoms with Gasteiger partial charge < -0.3 is 0 Å². The van der Waals surface area contributed by atoms with Crippen molar-refractivity contribution in [3.05, 3.63) is 11.9 Å². The number of aryl methyl sites for hydroxylation is 1. The molecule has 0 saturated carbocycles. The molecule has 0 aliphatic heterocycles. The van der Waals surface area contributed by atoms with Gasteiger partial charge in [-0.25, -0.2) is 0 Å². The summed E-state index contributed by atoms with van der Waals surface area (Å²) in [4.78, 5) is 0. The minimum atomic E-state index is 0.129. The van der Waals surface area contributed by atoms with Crippen LogP contribution in [0.1, 0.15) is 72.9 Å². The van der Waals surface area contributed by atoms with Gasteiger partial charge in [-0.3, -0.25) is 4.68 Å². The number of nitrogens with zero attached hydrogens (tertiary/aromatic N) is 3. The number of rotatable bonds is 6. The molecule has 3 heteroatoms. The monoisotopic (exact) mass is 289 g/mol. The Kier molecular flexibility index (Phi) is 6.45. The maximum atomic E-state index is 4.25. The summed E-state index contributed by atoms with van der Waals surface area (Å²) < 4.78 is 1.97. The van der Waals surface area contributed by atoms with Crippen molar-refractivity contribution >= 4 is 0 Å². The van der Waals surface area contributed by atoms with Crippen LogP contribution in [0.5, 0.6) is 0 Å². The Balaban J connectivity index is 2.20. The Morgan fingerprint density at radius 3 is 2.38 bits per heavy atom. The van der Waals surface area contributed by atoms with Gasteiger partial charge in [0.25, 0.3) is 0 Å². The highest BCUT2D eigenvalue weighted by atomic mass is 15.4. The average Bonchev–Trinajstić information content (AvgIpc) is 2.71. The van der Waals surface area contributed by atoms with Crippen molar-refractivity contribution in [2.45, 2.75) is 80.2 Å². The molecule has 0 amide bonds. The summed E-state index contributed by atoms with van der Waals surface area (Å²) in [5, 5.41) is 8.45. The second kappa shape index (κ2) is 7.64. The van der Waals surface area contributed by atoms with Crippen LogP contribution < -0.4 is 0 Å². The van der Waals surface area contributed by atoms with Crippen LogP contribution in [0.15, 0.2) is 6.20 Å². The number of hydrogen-bond donors (Lipinski definition) is 0. The molecule has 0 aliphatic rings. The minimum Gasteiger partial charge on any atom is -0.252 e. The van der Waals surface area contributed by atoms with E-state index in [1.165, 1.54) is 12.8 Å². The van der Waals surface area contributed by atoms with Gasteiger partial charge in [-0.15, -0.1) is 11.0 Å². The maximum absolute atomic E-state index is 4.25. The third-order valence-corrected chi connectivity index (χ3v) is 2.95. The second-order valence-corrected chi connectivity index (χ2v) is 8.07. The van der Waals surface area contributed by atoms with E-state index in [-0.39, 0.29) is 10.8 Å². The van der Waals surface area contributed by atoms with Gasteiger partial charge in [-0.2, -0.15) is 0 Å². The van der Waals surface area contributed by atoms with Gasteiger partial charge in [0.2, 0.25) is 0 Å². The lowest BCUT2D eigenvalue weighted by Gasteiger charge is -2.15. The average molecular weight is 289 g/mol. The predicted molar refractivity (Wildman–Crippen MR) is 88.9 cm³/mol. The highest BCUT2D eigenvalue weighted by Crippen LogP contribution is 2.18. The van der Waals surface area contributed by atoms with Gasteiger partial charge in [0.05, 0.1) is 5.69 Å². The van der Waals surface area contributed by atoms with E-state index in [2.05, 4.69) is 69.9 Å². The number of unbranched alkanes of at least 4 members (excludes halogenated alkanes) is 3. The van der Waals surface area contributed by atoms with Gasteiger partial charge in [0.15, 0.2) is 0 Å². The smallest absolute Gasteiger partial charge is 0.0832 e. The van der Waals surface area contributed by atoms with Crippen molar-refractivity contribution < 1.29 is 0 Å². The van der Waals surface area contributed by atoms with Crippen LogP contribution in [0, 0.1) is 22.7 Å². The molecule has 3 nitrogen and oxygen atoms in total. The van der Waals surface area contributed by atoms with E-state index in [1.54, 1.807) is 0 Å². The zero-order valence-corrected chi connectivity index (χ0v) is 14.7. The molecule has 0 N–H and O–H groups in total. The van der Waals surface area contributed by atoms with Crippen molar-refractivity contribution in [1.82, 2.24) is 15.0 Å². The van der Waals surface area contributed by atoms with Crippen LogP contribution in [0.25, 0.3) is 0 Å². The molecule has 1 aromatic heterocycles. The summed E-state index contributed by atoms with van der Waals surface area (Å²) in [6, 6.07) is 0. The van der Waals surface area contributed by atoms with E-state index in [1.807, 2.05) is 4.68 Å². The van der Waals surface area contributed by atoms with Gasteiger partial charge in [0, 0.05) is 24.6 Å². The first kappa shape index (κ1) is 17.8. The van der Waals surface area contributed by atoms with E-state index in [4.69, 9.17) is 0 Å². The zero-order chi connectivity index (χ0) is 15.9. The van der Waals surface area contributed by atoms with E-state index >= 15 is 0 Å². The number of hydrogen-bond acceptors (Lipinski definition) is 2. The van der Waals surface area contributed by atoms with Crippen molar-refractivity contribution in [2.24, 2.45) is 10.8 Å². The van der Waals surface area contributed by atoms with Crippen LogP contribution in [0.4, 0.5) is 0 Å². The lowest BCUT2D eigenvalue weighted by Crippen LogP contribution is -2.09. The molecule has 0 spiro atoms. The molecule has 0 atom stereocenters. The first-order valence-corrected chi connectivity index (χ1v) is 8.05. The van der Waals surface area contributed by atoms with Crippen molar-refractivity contribution in [3.8, 4) is 11.8 Å². The highest BCUT2D eigenvalue weighted by Gasteiger charge is 2.13. The molecular weight excluding hydrogens is 258 g/mol. The van der Waals surface area contributed by atoms with Crippen molar-refractivity contribution in [3.63, 3.8) is 0 Å². The highest BCUT2D eigenvalue weighted by molar-refractivity contribution is 5.06. The van der Waals surface area contributed by atoms with Crippen molar-refractivity contribution in [1.29, 1.82) is 0 Å². The SMILES string of the molecule is CC(C)(C)C#CCCCCCn1cc(CC(C)(C)C)nn1. The molecule has 118 valence electrons. The molecule has 1 aromatic rings. The molecule has 0 unspecified atom stereocenters. The zero-order valence-electron chi connectivity index (χ0n) is 14.7. The fourth-order valence-corrected chi connectivity index (χ4v) is 2.06. The molecule has 1 rings (SSSR count). The second-order valence-electron chi connectivity index (χ2n) is 8.07. The molecule has 0 radical (unpaired) electrons. The molecular formula is C18H31N3. The Morgan fingerprint density at radius 2 is 1.76 bits per heavy atom. The molecule has 0 fully saturated rings. The lowest BCUT2D eigenvalue weighted by atomic mass is 9.91. The maximum Gasteiger partial charge on any atom is 0.0832 e. The largest absolute Gasteiger partial charge is 0.252 e. The summed E-state index contributed by atoms with van der Waals surface area (Å²) in [7, 11) is 0. The van der Waals surface area contributed by atoms with E-state index in [0.29, 0.717) is 0 Å². The third kappa shape index (κ3) is 9.28. The fourth-order valence-electron chi connectivity index (χ4n) is 2.06. The normalized spacial score (nSPS) is 12.1. The summed E-state index contributed by atoms with van der Waals surface area (Å²) in [6.07, 6.45) is 7.60. The Labute approximate surface area is 130 Å². The van der Waals surface area contributed by atoms with Crippen LogP contribution in [-0.2, 0) is 13.0 Å². The standard InChI is InChI=1S/C18H31N3/c1-17(2,3)12-10-8-7-9-11-13-21-15-16(19-20-21)14-18(4,5)6/h15H,7-9,11,13-14H2,1-6H3. The van der Waals surface area contributed by atoms with Crippen LogP contribution in [0.3, 0.4) is 0 Å². The van der Waals surface area contributed by atoms with Gasteiger partial charge in [-0.1, -0.05) is 38.3 Å². The van der Waals surface area contributed by atoms with Crippen LogP contribution in [0.2, 0.25) is 0 Å².